The van der Waals surface area contributed by atoms with Gasteiger partial charge in [0, 0.05) is 37.6 Å². The van der Waals surface area contributed by atoms with Crippen LogP contribution in [0.4, 0.5) is 27.5 Å². The molecule has 0 unspecified atom stereocenters. The average Bonchev–Trinajstić information content (AvgIpc) is 3.05. The van der Waals surface area contributed by atoms with E-state index in [0.29, 0.717) is 5.69 Å². The van der Waals surface area contributed by atoms with Crippen molar-refractivity contribution in [2.24, 2.45) is 12.8 Å². The highest BCUT2D eigenvalue weighted by atomic mass is 19.1. The van der Waals surface area contributed by atoms with Gasteiger partial charge in [-0.1, -0.05) is 0 Å². The minimum Gasteiger partial charge on any atom is -0.365 e. The summed E-state index contributed by atoms with van der Waals surface area (Å²) in [7, 11) is 1.74. The first kappa shape index (κ1) is 18.7. The van der Waals surface area contributed by atoms with Crippen LogP contribution < -0.4 is 16.4 Å². The number of hydrogen-bond acceptors (Lipinski definition) is 8. The third-order valence-corrected chi connectivity index (χ3v) is 3.71. The summed E-state index contributed by atoms with van der Waals surface area (Å²) in [6.45, 7) is -0.0759. The van der Waals surface area contributed by atoms with Crippen LogP contribution in [0.15, 0.2) is 36.8 Å². The molecule has 0 saturated carbocycles. The van der Waals surface area contributed by atoms with Crippen molar-refractivity contribution >= 4 is 29.0 Å². The summed E-state index contributed by atoms with van der Waals surface area (Å²) in [5.74, 6) is -1.26. The van der Waals surface area contributed by atoms with Gasteiger partial charge in [-0.3, -0.25) is 19.6 Å². The second-order valence-corrected chi connectivity index (χ2v) is 5.73. The number of nitrogens with one attached hydrogen (secondary N) is 2. The topological polar surface area (TPSA) is 154 Å². The smallest absolute Gasteiger partial charge is 0.272 e. The number of halogens is 1. The molecular weight excluding hydrogens is 371 g/mol. The lowest BCUT2D eigenvalue weighted by atomic mass is 10.2. The van der Waals surface area contributed by atoms with Crippen LogP contribution >= 0.6 is 0 Å². The monoisotopic (exact) mass is 386 g/mol. The Kier molecular flexibility index (Phi) is 5.11. The minimum atomic E-state index is -0.764. The summed E-state index contributed by atoms with van der Waals surface area (Å²) in [5, 5.41) is 20.4. The standard InChI is InChI=1S/C16H15FN8O3/c1-24-8-10(6-21-24)22-16-20-7-12(14(18)26)15(23-16)19-5-9-2-3-11(25(27)28)4-13(9)17/h2-4,6-8H,5H2,1H3,(H2,18,26)(H2,19,20,22,23). The molecule has 144 valence electrons. The van der Waals surface area contributed by atoms with Crippen molar-refractivity contribution < 1.29 is 14.1 Å². The minimum absolute atomic E-state index is 0.0130. The van der Waals surface area contributed by atoms with Gasteiger partial charge in [0.05, 0.1) is 28.4 Å². The number of primary amides is 1. The third kappa shape index (κ3) is 4.17. The van der Waals surface area contributed by atoms with Gasteiger partial charge in [-0.2, -0.15) is 10.1 Å². The Labute approximate surface area is 157 Å². The molecule has 11 nitrogen and oxygen atoms in total. The number of non-ortho nitro benzene ring substituents is 1. The lowest BCUT2D eigenvalue weighted by molar-refractivity contribution is -0.385. The molecule has 0 aliphatic carbocycles. The number of nitrogens with two attached hydrogens (primary N) is 1. The molecule has 3 aromatic rings. The lowest BCUT2D eigenvalue weighted by Crippen LogP contribution is -2.17. The van der Waals surface area contributed by atoms with Crippen molar-refractivity contribution in [1.82, 2.24) is 19.7 Å². The number of carbonyl (C=O) groups is 1. The van der Waals surface area contributed by atoms with E-state index in [4.69, 9.17) is 5.73 Å². The molecule has 2 heterocycles. The maximum absolute atomic E-state index is 14.1. The molecule has 0 bridgehead atoms. The molecule has 2 aromatic heterocycles. The molecule has 1 aromatic carbocycles. The molecule has 12 heteroatoms. The van der Waals surface area contributed by atoms with Crippen LogP contribution in [0, 0.1) is 15.9 Å². The van der Waals surface area contributed by atoms with Crippen LogP contribution in [0.3, 0.4) is 0 Å². The van der Waals surface area contributed by atoms with Crippen LogP contribution in [0.5, 0.6) is 0 Å². The molecule has 0 saturated heterocycles. The maximum atomic E-state index is 14.1. The summed E-state index contributed by atoms with van der Waals surface area (Å²) >= 11 is 0. The molecule has 0 atom stereocenters. The normalized spacial score (nSPS) is 10.5. The highest BCUT2D eigenvalue weighted by Crippen LogP contribution is 2.20. The number of nitrogens with zero attached hydrogens (tertiary/aromatic N) is 5. The summed E-state index contributed by atoms with van der Waals surface area (Å²) in [6, 6.07) is 3.28. The van der Waals surface area contributed by atoms with E-state index < -0.39 is 16.6 Å². The van der Waals surface area contributed by atoms with Crippen LogP contribution in [0.25, 0.3) is 0 Å². The predicted octanol–water partition coefficient (Wildman–Crippen LogP) is 1.71. The number of hydrogen-bond donors (Lipinski definition) is 3. The average molecular weight is 386 g/mol. The van der Waals surface area contributed by atoms with E-state index in [1.165, 1.54) is 18.3 Å². The summed E-state index contributed by atoms with van der Waals surface area (Å²) in [4.78, 5) is 29.8. The number of anilines is 3. The Hall–Kier alpha value is -4.09. The SMILES string of the molecule is Cn1cc(Nc2ncc(C(N)=O)c(NCc3ccc([N+](=O)[O-])cc3F)n2)cn1. The van der Waals surface area contributed by atoms with E-state index >= 15 is 0 Å². The molecule has 0 fully saturated rings. The van der Waals surface area contributed by atoms with Crippen molar-refractivity contribution in [2.45, 2.75) is 6.54 Å². The Balaban J connectivity index is 1.82. The highest BCUT2D eigenvalue weighted by molar-refractivity contribution is 5.97. The molecule has 3 rings (SSSR count). The zero-order valence-electron chi connectivity index (χ0n) is 14.6. The highest BCUT2D eigenvalue weighted by Gasteiger charge is 2.15. The van der Waals surface area contributed by atoms with E-state index in [9.17, 15) is 19.3 Å². The van der Waals surface area contributed by atoms with Crippen LogP contribution in [0.1, 0.15) is 15.9 Å². The first-order chi connectivity index (χ1) is 13.3. The largest absolute Gasteiger partial charge is 0.365 e. The molecule has 0 spiro atoms. The van der Waals surface area contributed by atoms with E-state index in [0.717, 1.165) is 6.07 Å². The van der Waals surface area contributed by atoms with Crippen molar-refractivity contribution in [3.63, 3.8) is 0 Å². The summed E-state index contributed by atoms with van der Waals surface area (Å²) in [5.41, 5.74) is 5.77. The molecule has 4 N–H and O–H groups in total. The van der Waals surface area contributed by atoms with Crippen LogP contribution in [-0.4, -0.2) is 30.6 Å². The first-order valence-electron chi connectivity index (χ1n) is 7.92. The third-order valence-electron chi connectivity index (χ3n) is 3.71. The fourth-order valence-electron chi connectivity index (χ4n) is 2.34. The van der Waals surface area contributed by atoms with Gasteiger partial charge >= 0.3 is 0 Å². The van der Waals surface area contributed by atoms with Gasteiger partial charge < -0.3 is 16.4 Å². The van der Waals surface area contributed by atoms with Gasteiger partial charge in [0.1, 0.15) is 11.6 Å². The number of nitro benzene ring substituents is 1. The van der Waals surface area contributed by atoms with Crippen molar-refractivity contribution in [3.8, 4) is 0 Å². The fourth-order valence-corrected chi connectivity index (χ4v) is 2.34. The van der Waals surface area contributed by atoms with E-state index in [-0.39, 0.29) is 35.1 Å². The molecule has 28 heavy (non-hydrogen) atoms. The van der Waals surface area contributed by atoms with Gasteiger partial charge in [0.2, 0.25) is 5.95 Å². The number of benzene rings is 1. The maximum Gasteiger partial charge on any atom is 0.272 e. The number of aryl methyl sites for hydroxylation is 1. The summed E-state index contributed by atoms with van der Waals surface area (Å²) in [6.07, 6.45) is 4.50. The van der Waals surface area contributed by atoms with E-state index in [1.54, 1.807) is 24.1 Å². The molecule has 1 amide bonds. The molecule has 0 radical (unpaired) electrons. The number of amides is 1. The van der Waals surface area contributed by atoms with Crippen molar-refractivity contribution in [3.05, 3.63) is 63.8 Å². The second-order valence-electron chi connectivity index (χ2n) is 5.73. The van der Waals surface area contributed by atoms with Gasteiger partial charge in [-0.05, 0) is 6.07 Å². The summed E-state index contributed by atoms with van der Waals surface area (Å²) < 4.78 is 15.6. The number of aromatic nitrogens is 4. The predicted molar refractivity (Wildman–Crippen MR) is 97.4 cm³/mol. The first-order valence-corrected chi connectivity index (χ1v) is 7.92. The Morgan fingerprint density at radius 2 is 2.18 bits per heavy atom. The molecular formula is C16H15FN8O3. The number of nitro groups is 1. The fraction of sp³-hybridized carbons (Fsp3) is 0.125. The lowest BCUT2D eigenvalue weighted by Gasteiger charge is -2.11. The van der Waals surface area contributed by atoms with E-state index in [2.05, 4.69) is 25.7 Å². The van der Waals surface area contributed by atoms with Crippen LogP contribution in [0.2, 0.25) is 0 Å². The van der Waals surface area contributed by atoms with Crippen molar-refractivity contribution in [2.75, 3.05) is 10.6 Å². The Bertz CT molecular complexity index is 1050. The van der Waals surface area contributed by atoms with Crippen LogP contribution in [-0.2, 0) is 13.6 Å². The quantitative estimate of drug-likeness (QED) is 0.409. The number of carbonyl (C=O) groups excluding carboxylic acids is 1. The van der Waals surface area contributed by atoms with Gasteiger partial charge in [0.15, 0.2) is 0 Å². The second kappa shape index (κ2) is 7.65. The van der Waals surface area contributed by atoms with Gasteiger partial charge in [0.25, 0.3) is 11.6 Å². The van der Waals surface area contributed by atoms with Crippen molar-refractivity contribution in [1.29, 1.82) is 0 Å². The van der Waals surface area contributed by atoms with Gasteiger partial charge in [-0.25, -0.2) is 9.37 Å². The molecule has 0 aliphatic rings. The number of rotatable bonds is 7. The van der Waals surface area contributed by atoms with E-state index in [1.807, 2.05) is 0 Å². The Morgan fingerprint density at radius 1 is 1.39 bits per heavy atom. The van der Waals surface area contributed by atoms with Gasteiger partial charge in [-0.15, -0.1) is 0 Å². The zero-order chi connectivity index (χ0) is 20.3. The molecule has 0 aliphatic heterocycles. The zero-order valence-corrected chi connectivity index (χ0v) is 14.6. The Morgan fingerprint density at radius 3 is 2.79 bits per heavy atom.